The van der Waals surface area contributed by atoms with Gasteiger partial charge < -0.3 is 9.88 Å². The third-order valence-electron chi connectivity index (χ3n) is 4.17. The lowest BCUT2D eigenvalue weighted by molar-refractivity contribution is -0.113. The number of nitrogens with one attached hydrogen (secondary N) is 1. The van der Waals surface area contributed by atoms with Crippen molar-refractivity contribution >= 4 is 33.2 Å². The number of thioether (sulfide) groups is 1. The Labute approximate surface area is 174 Å². The van der Waals surface area contributed by atoms with Gasteiger partial charge in [0.05, 0.1) is 10.6 Å². The molecule has 1 N–H and O–H groups in total. The van der Waals surface area contributed by atoms with Gasteiger partial charge in [-0.15, -0.1) is 10.2 Å². The molecule has 3 aromatic rings. The lowest BCUT2D eigenvalue weighted by Gasteiger charge is -2.09. The van der Waals surface area contributed by atoms with Gasteiger partial charge in [0.25, 0.3) is 0 Å². The zero-order valence-corrected chi connectivity index (χ0v) is 17.8. The van der Waals surface area contributed by atoms with Gasteiger partial charge in [-0.05, 0) is 43.7 Å². The van der Waals surface area contributed by atoms with E-state index in [0.29, 0.717) is 17.5 Å². The number of aromatic nitrogens is 3. The first kappa shape index (κ1) is 21.1. The number of anilines is 1. The Morgan fingerprint density at radius 2 is 1.86 bits per heavy atom. The van der Waals surface area contributed by atoms with Crippen molar-refractivity contribution in [3.63, 3.8) is 0 Å². The maximum Gasteiger partial charge on any atom is 0.234 e. The molecular weight excluding hydrogens is 408 g/mol. The number of nitrogens with zero attached hydrogens (tertiary/aromatic N) is 3. The molecule has 2 aromatic carbocycles. The zero-order valence-electron chi connectivity index (χ0n) is 16.2. The molecule has 29 heavy (non-hydrogen) atoms. The molecule has 0 atom stereocenters. The average Bonchev–Trinajstić information content (AvgIpc) is 3.08. The molecule has 7 nitrogen and oxygen atoms in total. The summed E-state index contributed by atoms with van der Waals surface area (Å²) in [6.45, 7) is 4.35. The number of aryl methyl sites for hydroxylation is 1. The van der Waals surface area contributed by atoms with Crippen LogP contribution in [0.15, 0.2) is 64.6 Å². The summed E-state index contributed by atoms with van der Waals surface area (Å²) in [6.07, 6.45) is 0. The van der Waals surface area contributed by atoms with Crippen molar-refractivity contribution in [2.75, 3.05) is 11.1 Å². The lowest BCUT2D eigenvalue weighted by atomic mass is 10.2. The van der Waals surface area contributed by atoms with Gasteiger partial charge in [0.2, 0.25) is 5.91 Å². The number of hydrogen-bond donors (Lipinski definition) is 1. The number of sulfone groups is 1. The van der Waals surface area contributed by atoms with E-state index in [1.54, 1.807) is 34.9 Å². The van der Waals surface area contributed by atoms with Crippen LogP contribution in [0.4, 0.5) is 5.69 Å². The van der Waals surface area contributed by atoms with Crippen molar-refractivity contribution in [1.82, 2.24) is 14.8 Å². The van der Waals surface area contributed by atoms with E-state index in [2.05, 4.69) is 15.5 Å². The number of carbonyl (C=O) groups excluding carboxylic acids is 1. The summed E-state index contributed by atoms with van der Waals surface area (Å²) in [6, 6.07) is 15.8. The standard InChI is InChI=1S/C20H22N4O3S2/c1-3-24-18(14-29(26,27)17-10-5-4-6-11-17)22-23-20(24)28-13-19(25)21-16-9-7-8-15(2)12-16/h4-12H,3,13-14H2,1-2H3,(H,21,25). The molecular formula is C20H22N4O3S2. The molecule has 9 heteroatoms. The summed E-state index contributed by atoms with van der Waals surface area (Å²) >= 11 is 1.23. The molecule has 0 aliphatic carbocycles. The minimum atomic E-state index is -3.52. The first-order valence-electron chi connectivity index (χ1n) is 9.08. The van der Waals surface area contributed by atoms with Gasteiger partial charge in [-0.2, -0.15) is 0 Å². The fraction of sp³-hybridized carbons (Fsp3) is 0.250. The number of hydrogen-bond acceptors (Lipinski definition) is 6. The van der Waals surface area contributed by atoms with Crippen LogP contribution in [0, 0.1) is 6.92 Å². The summed E-state index contributed by atoms with van der Waals surface area (Å²) in [5, 5.41) is 11.5. The van der Waals surface area contributed by atoms with E-state index in [9.17, 15) is 13.2 Å². The Morgan fingerprint density at radius 1 is 1.10 bits per heavy atom. The van der Waals surface area contributed by atoms with E-state index in [4.69, 9.17) is 0 Å². The number of rotatable bonds is 8. The molecule has 1 aromatic heterocycles. The van der Waals surface area contributed by atoms with Crippen molar-refractivity contribution in [3.8, 4) is 0 Å². The van der Waals surface area contributed by atoms with Gasteiger partial charge in [-0.3, -0.25) is 4.79 Å². The highest BCUT2D eigenvalue weighted by molar-refractivity contribution is 7.99. The fourth-order valence-corrected chi connectivity index (χ4v) is 4.89. The van der Waals surface area contributed by atoms with Crippen LogP contribution in [-0.2, 0) is 26.9 Å². The first-order chi connectivity index (χ1) is 13.9. The SMILES string of the molecule is CCn1c(CS(=O)(=O)c2ccccc2)nnc1SCC(=O)Nc1cccc(C)c1. The van der Waals surface area contributed by atoms with Crippen LogP contribution >= 0.6 is 11.8 Å². The predicted octanol–water partition coefficient (Wildman–Crippen LogP) is 3.31. The summed E-state index contributed by atoms with van der Waals surface area (Å²) in [7, 11) is -3.52. The van der Waals surface area contributed by atoms with Gasteiger partial charge in [0, 0.05) is 12.2 Å². The molecule has 1 amide bonds. The quantitative estimate of drug-likeness (QED) is 0.551. The molecule has 0 saturated heterocycles. The Balaban J connectivity index is 1.67. The third-order valence-corrected chi connectivity index (χ3v) is 6.76. The smallest absolute Gasteiger partial charge is 0.234 e. The zero-order chi connectivity index (χ0) is 20.9. The summed E-state index contributed by atoms with van der Waals surface area (Å²) in [5.41, 5.74) is 1.80. The van der Waals surface area contributed by atoms with Crippen LogP contribution < -0.4 is 5.32 Å². The third kappa shape index (κ3) is 5.45. The Bertz CT molecular complexity index is 1100. The van der Waals surface area contributed by atoms with E-state index >= 15 is 0 Å². The van der Waals surface area contributed by atoms with Crippen molar-refractivity contribution in [1.29, 1.82) is 0 Å². The Kier molecular flexibility index (Phi) is 6.71. The Hall–Kier alpha value is -2.65. The second-order valence-electron chi connectivity index (χ2n) is 6.42. The normalized spacial score (nSPS) is 11.4. The maximum atomic E-state index is 12.6. The van der Waals surface area contributed by atoms with E-state index in [0.717, 1.165) is 11.3 Å². The van der Waals surface area contributed by atoms with E-state index in [-0.39, 0.29) is 22.3 Å². The van der Waals surface area contributed by atoms with Gasteiger partial charge in [-0.25, -0.2) is 8.42 Å². The maximum absolute atomic E-state index is 12.6. The largest absolute Gasteiger partial charge is 0.325 e. The molecule has 0 fully saturated rings. The summed E-state index contributed by atoms with van der Waals surface area (Å²) in [4.78, 5) is 12.5. The van der Waals surface area contributed by atoms with Crippen LogP contribution in [0.3, 0.4) is 0 Å². The molecule has 0 spiro atoms. The molecule has 0 unspecified atom stereocenters. The van der Waals surface area contributed by atoms with Crippen molar-refractivity contribution in [2.45, 2.75) is 36.2 Å². The highest BCUT2D eigenvalue weighted by Gasteiger charge is 2.21. The molecule has 152 valence electrons. The fourth-order valence-electron chi connectivity index (χ4n) is 2.78. The van der Waals surface area contributed by atoms with Crippen molar-refractivity contribution in [2.24, 2.45) is 0 Å². The van der Waals surface area contributed by atoms with Gasteiger partial charge in [-0.1, -0.05) is 42.1 Å². The summed E-state index contributed by atoms with van der Waals surface area (Å²) in [5.74, 6) is 0.105. The van der Waals surface area contributed by atoms with Crippen LogP contribution in [0.1, 0.15) is 18.3 Å². The molecule has 3 rings (SSSR count). The molecule has 0 saturated carbocycles. The minimum Gasteiger partial charge on any atom is -0.325 e. The van der Waals surface area contributed by atoms with Crippen molar-refractivity contribution in [3.05, 3.63) is 66.0 Å². The monoisotopic (exact) mass is 430 g/mol. The average molecular weight is 431 g/mol. The van der Waals surface area contributed by atoms with Crippen LogP contribution in [0.25, 0.3) is 0 Å². The van der Waals surface area contributed by atoms with Crippen LogP contribution in [0.2, 0.25) is 0 Å². The van der Waals surface area contributed by atoms with Gasteiger partial charge in [0.15, 0.2) is 15.0 Å². The minimum absolute atomic E-state index is 0.150. The topological polar surface area (TPSA) is 93.9 Å². The second-order valence-corrected chi connectivity index (χ2v) is 9.35. The molecule has 1 heterocycles. The van der Waals surface area contributed by atoms with E-state index in [1.807, 2.05) is 38.1 Å². The molecule has 0 aliphatic heterocycles. The number of benzene rings is 2. The second kappa shape index (κ2) is 9.23. The molecule has 0 aliphatic rings. The van der Waals surface area contributed by atoms with Gasteiger partial charge >= 0.3 is 0 Å². The van der Waals surface area contributed by atoms with Gasteiger partial charge in [0.1, 0.15) is 11.6 Å². The molecule has 0 radical (unpaired) electrons. The van der Waals surface area contributed by atoms with Crippen molar-refractivity contribution < 1.29 is 13.2 Å². The first-order valence-corrected chi connectivity index (χ1v) is 11.7. The van der Waals surface area contributed by atoms with E-state index < -0.39 is 9.84 Å². The number of carbonyl (C=O) groups is 1. The van der Waals surface area contributed by atoms with E-state index in [1.165, 1.54) is 11.8 Å². The lowest BCUT2D eigenvalue weighted by Crippen LogP contribution is -2.15. The number of amides is 1. The van der Waals surface area contributed by atoms with Crippen LogP contribution in [-0.4, -0.2) is 34.8 Å². The molecule has 0 bridgehead atoms. The highest BCUT2D eigenvalue weighted by Crippen LogP contribution is 2.21. The highest BCUT2D eigenvalue weighted by atomic mass is 32.2. The summed E-state index contributed by atoms with van der Waals surface area (Å²) < 4.78 is 27.0. The van der Waals surface area contributed by atoms with Crippen LogP contribution in [0.5, 0.6) is 0 Å². The Morgan fingerprint density at radius 3 is 2.55 bits per heavy atom. The predicted molar refractivity (Wildman–Crippen MR) is 114 cm³/mol.